The zero-order valence-corrected chi connectivity index (χ0v) is 14.4. The summed E-state index contributed by atoms with van der Waals surface area (Å²) >= 11 is 0. The number of aromatic nitrogens is 2. The highest BCUT2D eigenvalue weighted by Crippen LogP contribution is 2.24. The molecule has 24 heavy (non-hydrogen) atoms. The van der Waals surface area contributed by atoms with E-state index in [-0.39, 0.29) is 0 Å². The Morgan fingerprint density at radius 1 is 0.917 bits per heavy atom. The molecule has 0 bridgehead atoms. The monoisotopic (exact) mass is 323 g/mol. The largest absolute Gasteiger partial charge is 0.352 e. The fourth-order valence-corrected chi connectivity index (χ4v) is 3.62. The van der Waals surface area contributed by atoms with Gasteiger partial charge in [0.1, 0.15) is 5.82 Å². The number of anilines is 2. The normalized spacial score (nSPS) is 18.5. The summed E-state index contributed by atoms with van der Waals surface area (Å²) < 4.78 is 0. The van der Waals surface area contributed by atoms with Gasteiger partial charge in [-0.05, 0) is 30.2 Å². The van der Waals surface area contributed by atoms with Crippen molar-refractivity contribution in [2.45, 2.75) is 19.9 Å². The molecule has 2 aliphatic rings. The van der Waals surface area contributed by atoms with Crippen LogP contribution >= 0.6 is 0 Å². The summed E-state index contributed by atoms with van der Waals surface area (Å²) in [5.41, 5.74) is 2.89. The molecule has 0 unspecified atom stereocenters. The van der Waals surface area contributed by atoms with Gasteiger partial charge in [0.25, 0.3) is 0 Å². The highest BCUT2D eigenvalue weighted by atomic mass is 15.3. The number of piperazine rings is 1. The molecule has 0 saturated carbocycles. The van der Waals surface area contributed by atoms with Gasteiger partial charge in [-0.1, -0.05) is 31.2 Å². The van der Waals surface area contributed by atoms with Gasteiger partial charge in [0, 0.05) is 45.5 Å². The molecule has 1 saturated heterocycles. The summed E-state index contributed by atoms with van der Waals surface area (Å²) in [6.07, 6.45) is 3.00. The summed E-state index contributed by atoms with van der Waals surface area (Å²) in [5.74, 6) is 1.93. The van der Waals surface area contributed by atoms with E-state index in [0.29, 0.717) is 0 Å². The molecule has 0 spiro atoms. The van der Waals surface area contributed by atoms with Crippen molar-refractivity contribution in [2.75, 3.05) is 49.1 Å². The summed E-state index contributed by atoms with van der Waals surface area (Å²) in [5, 5.41) is 0. The Balaban J connectivity index is 1.49. The summed E-state index contributed by atoms with van der Waals surface area (Å²) in [7, 11) is 0. The molecular formula is C19H25N5. The molecule has 1 fully saturated rings. The zero-order chi connectivity index (χ0) is 16.4. The second-order valence-corrected chi connectivity index (χ2v) is 6.58. The molecule has 0 atom stereocenters. The van der Waals surface area contributed by atoms with Crippen molar-refractivity contribution >= 4 is 11.8 Å². The molecule has 5 heteroatoms. The minimum atomic E-state index is 0.877. The number of likely N-dealkylation sites (N-methyl/N-ethyl adjacent to an activating group) is 1. The van der Waals surface area contributed by atoms with Crippen LogP contribution in [0.1, 0.15) is 18.1 Å². The maximum Gasteiger partial charge on any atom is 0.227 e. The number of fused-ring (bicyclic) bond motifs is 1. The Hall–Kier alpha value is -2.14. The van der Waals surface area contributed by atoms with Gasteiger partial charge in [0.05, 0.1) is 0 Å². The van der Waals surface area contributed by atoms with Crippen molar-refractivity contribution in [1.29, 1.82) is 0 Å². The first kappa shape index (κ1) is 15.4. The molecule has 5 nitrogen and oxygen atoms in total. The zero-order valence-electron chi connectivity index (χ0n) is 14.4. The van der Waals surface area contributed by atoms with E-state index in [1.165, 1.54) is 11.1 Å². The Morgan fingerprint density at radius 2 is 1.71 bits per heavy atom. The third-order valence-corrected chi connectivity index (χ3v) is 5.19. The SMILES string of the molecule is CCN1CCN(c2nccc(N3CCc4ccccc4C3)n2)CC1. The van der Waals surface area contributed by atoms with Crippen LogP contribution in [-0.4, -0.2) is 54.1 Å². The first-order valence-electron chi connectivity index (χ1n) is 8.95. The average Bonchev–Trinajstić information content (AvgIpc) is 2.68. The maximum absolute atomic E-state index is 4.87. The van der Waals surface area contributed by atoms with Gasteiger partial charge in [-0.2, -0.15) is 4.98 Å². The fraction of sp³-hybridized carbons (Fsp3) is 0.474. The van der Waals surface area contributed by atoms with Crippen LogP contribution in [0.25, 0.3) is 0 Å². The van der Waals surface area contributed by atoms with Gasteiger partial charge in [0.2, 0.25) is 5.95 Å². The minimum Gasteiger partial charge on any atom is -0.352 e. The average molecular weight is 323 g/mol. The first-order chi connectivity index (χ1) is 11.8. The number of benzene rings is 1. The molecule has 0 radical (unpaired) electrons. The van der Waals surface area contributed by atoms with E-state index in [4.69, 9.17) is 4.98 Å². The van der Waals surface area contributed by atoms with E-state index in [2.05, 4.69) is 50.9 Å². The van der Waals surface area contributed by atoms with Crippen LogP contribution in [0, 0.1) is 0 Å². The molecule has 2 aliphatic heterocycles. The lowest BCUT2D eigenvalue weighted by atomic mass is 10.00. The Kier molecular flexibility index (Phi) is 4.34. The molecule has 2 aromatic rings. The van der Waals surface area contributed by atoms with Gasteiger partial charge in [-0.25, -0.2) is 4.98 Å². The van der Waals surface area contributed by atoms with Crippen molar-refractivity contribution < 1.29 is 0 Å². The third-order valence-electron chi connectivity index (χ3n) is 5.19. The van der Waals surface area contributed by atoms with E-state index in [0.717, 1.165) is 64.0 Å². The summed E-state index contributed by atoms with van der Waals surface area (Å²) in [4.78, 5) is 16.5. The molecule has 0 amide bonds. The minimum absolute atomic E-state index is 0.877. The van der Waals surface area contributed by atoms with E-state index >= 15 is 0 Å². The predicted molar refractivity (Wildman–Crippen MR) is 97.6 cm³/mol. The van der Waals surface area contributed by atoms with Gasteiger partial charge < -0.3 is 14.7 Å². The number of nitrogens with zero attached hydrogens (tertiary/aromatic N) is 5. The maximum atomic E-state index is 4.87. The van der Waals surface area contributed by atoms with Crippen LogP contribution in [0.2, 0.25) is 0 Å². The quantitative estimate of drug-likeness (QED) is 0.865. The summed E-state index contributed by atoms with van der Waals surface area (Å²) in [6, 6.07) is 10.8. The van der Waals surface area contributed by atoms with Gasteiger partial charge in [0.15, 0.2) is 0 Å². The van der Waals surface area contributed by atoms with Crippen LogP contribution in [0.4, 0.5) is 11.8 Å². The lowest BCUT2D eigenvalue weighted by Crippen LogP contribution is -2.46. The van der Waals surface area contributed by atoms with E-state index in [1.807, 2.05) is 12.3 Å². The van der Waals surface area contributed by atoms with Crippen LogP contribution in [-0.2, 0) is 13.0 Å². The van der Waals surface area contributed by atoms with Crippen LogP contribution < -0.4 is 9.80 Å². The molecule has 4 rings (SSSR count). The van der Waals surface area contributed by atoms with Gasteiger partial charge >= 0.3 is 0 Å². The molecule has 1 aromatic carbocycles. The smallest absolute Gasteiger partial charge is 0.227 e. The highest BCUT2D eigenvalue weighted by Gasteiger charge is 2.21. The molecule has 126 valence electrons. The Bertz CT molecular complexity index is 694. The van der Waals surface area contributed by atoms with Crippen molar-refractivity contribution in [1.82, 2.24) is 14.9 Å². The fourth-order valence-electron chi connectivity index (χ4n) is 3.62. The second-order valence-electron chi connectivity index (χ2n) is 6.58. The van der Waals surface area contributed by atoms with Crippen molar-refractivity contribution in [2.24, 2.45) is 0 Å². The summed E-state index contributed by atoms with van der Waals surface area (Å²) in [6.45, 7) is 9.54. The Morgan fingerprint density at radius 3 is 2.50 bits per heavy atom. The van der Waals surface area contributed by atoms with E-state index in [9.17, 15) is 0 Å². The highest BCUT2D eigenvalue weighted by molar-refractivity contribution is 5.47. The second kappa shape index (κ2) is 6.77. The van der Waals surface area contributed by atoms with Crippen LogP contribution in [0.5, 0.6) is 0 Å². The first-order valence-corrected chi connectivity index (χ1v) is 8.95. The van der Waals surface area contributed by atoms with E-state index < -0.39 is 0 Å². The Labute approximate surface area is 143 Å². The van der Waals surface area contributed by atoms with E-state index in [1.54, 1.807) is 0 Å². The van der Waals surface area contributed by atoms with Crippen LogP contribution in [0.3, 0.4) is 0 Å². The molecule has 0 N–H and O–H groups in total. The van der Waals surface area contributed by atoms with Crippen molar-refractivity contribution in [3.63, 3.8) is 0 Å². The number of hydrogen-bond donors (Lipinski definition) is 0. The predicted octanol–water partition coefficient (Wildman–Crippen LogP) is 2.18. The molecular weight excluding hydrogens is 298 g/mol. The number of hydrogen-bond acceptors (Lipinski definition) is 5. The molecule has 1 aromatic heterocycles. The topological polar surface area (TPSA) is 35.5 Å². The lowest BCUT2D eigenvalue weighted by Gasteiger charge is -2.35. The molecule has 3 heterocycles. The molecule has 0 aliphatic carbocycles. The van der Waals surface area contributed by atoms with Crippen molar-refractivity contribution in [3.05, 3.63) is 47.7 Å². The van der Waals surface area contributed by atoms with Crippen LogP contribution in [0.15, 0.2) is 36.5 Å². The lowest BCUT2D eigenvalue weighted by molar-refractivity contribution is 0.270. The van der Waals surface area contributed by atoms with Crippen molar-refractivity contribution in [3.8, 4) is 0 Å². The third kappa shape index (κ3) is 3.08. The van der Waals surface area contributed by atoms with Gasteiger partial charge in [-0.3, -0.25) is 0 Å². The van der Waals surface area contributed by atoms with Gasteiger partial charge in [-0.15, -0.1) is 0 Å². The number of rotatable bonds is 3. The standard InChI is InChI=1S/C19H25N5/c1-2-22-11-13-23(14-12-22)19-20-9-7-18(21-19)24-10-8-16-5-3-4-6-17(16)15-24/h3-7,9H,2,8,10-15H2,1H3.